The molecule has 3 aromatic rings. The molecule has 0 saturated carbocycles. The minimum atomic E-state index is -0.114. The Bertz CT molecular complexity index is 1040. The summed E-state index contributed by atoms with van der Waals surface area (Å²) in [6.07, 6.45) is 7.64. The van der Waals surface area contributed by atoms with Crippen LogP contribution in [0.2, 0.25) is 0 Å². The third-order valence-electron chi connectivity index (χ3n) is 5.70. The van der Waals surface area contributed by atoms with E-state index in [0.29, 0.717) is 13.1 Å². The summed E-state index contributed by atoms with van der Waals surface area (Å²) in [6, 6.07) is 15.4. The van der Waals surface area contributed by atoms with Gasteiger partial charge >= 0.3 is 0 Å². The highest BCUT2D eigenvalue weighted by Crippen LogP contribution is 2.22. The number of rotatable bonds is 7. The quantitative estimate of drug-likeness (QED) is 0.638. The molecule has 0 radical (unpaired) electrons. The molecule has 3 heterocycles. The molecule has 31 heavy (non-hydrogen) atoms. The minimum absolute atomic E-state index is 0.0107. The van der Waals surface area contributed by atoms with Gasteiger partial charge in [0.05, 0.1) is 18.4 Å². The van der Waals surface area contributed by atoms with E-state index in [-0.39, 0.29) is 17.4 Å². The van der Waals surface area contributed by atoms with Gasteiger partial charge in [0.25, 0.3) is 5.56 Å². The molecule has 0 atom stereocenters. The summed E-state index contributed by atoms with van der Waals surface area (Å²) in [5.74, 6) is 0.122. The van der Waals surface area contributed by atoms with E-state index in [0.717, 1.165) is 49.2 Å². The number of benzene rings is 1. The molecule has 1 aliphatic rings. The number of nitrogens with zero attached hydrogens (tertiary/aromatic N) is 4. The van der Waals surface area contributed by atoms with Crippen LogP contribution in [-0.4, -0.2) is 40.3 Å². The lowest BCUT2D eigenvalue weighted by Crippen LogP contribution is -2.41. The number of hydrogen-bond donors (Lipinski definition) is 1. The molecule has 160 valence electrons. The molecule has 7 nitrogen and oxygen atoms in total. The van der Waals surface area contributed by atoms with Crippen molar-refractivity contribution in [1.82, 2.24) is 20.1 Å². The zero-order chi connectivity index (χ0) is 21.5. The summed E-state index contributed by atoms with van der Waals surface area (Å²) in [5.41, 5.74) is 2.87. The van der Waals surface area contributed by atoms with Gasteiger partial charge in [0, 0.05) is 44.0 Å². The van der Waals surface area contributed by atoms with Crippen LogP contribution in [0.5, 0.6) is 0 Å². The smallest absolute Gasteiger partial charge is 0.269 e. The van der Waals surface area contributed by atoms with Crippen molar-refractivity contribution < 1.29 is 4.79 Å². The van der Waals surface area contributed by atoms with Crippen molar-refractivity contribution >= 4 is 11.6 Å². The van der Waals surface area contributed by atoms with Crippen molar-refractivity contribution in [2.45, 2.75) is 25.8 Å². The summed E-state index contributed by atoms with van der Waals surface area (Å²) < 4.78 is 1.47. The first-order valence-corrected chi connectivity index (χ1v) is 10.7. The fraction of sp³-hybridized carbons (Fsp3) is 0.333. The molecule has 4 rings (SSSR count). The molecule has 1 fully saturated rings. The second kappa shape index (κ2) is 10.0. The number of anilines is 1. The number of amides is 1. The largest absolute Gasteiger partial charge is 0.370 e. The number of aromatic nitrogens is 3. The number of carbonyl (C=O) groups excluding carboxylic acids is 1. The molecule has 7 heteroatoms. The van der Waals surface area contributed by atoms with Crippen molar-refractivity contribution in [2.24, 2.45) is 5.92 Å². The molecular weight excluding hydrogens is 390 g/mol. The Hall–Kier alpha value is -3.48. The van der Waals surface area contributed by atoms with Crippen LogP contribution in [-0.2, 0) is 17.8 Å². The average Bonchev–Trinajstić information content (AvgIpc) is 2.82. The molecule has 2 aromatic heterocycles. The van der Waals surface area contributed by atoms with E-state index in [1.165, 1.54) is 4.68 Å². The highest BCUT2D eigenvalue weighted by atomic mass is 16.2. The van der Waals surface area contributed by atoms with Crippen molar-refractivity contribution in [2.75, 3.05) is 24.5 Å². The van der Waals surface area contributed by atoms with Crippen molar-refractivity contribution in [3.05, 3.63) is 88.6 Å². The van der Waals surface area contributed by atoms with E-state index in [9.17, 15) is 9.59 Å². The molecule has 1 saturated heterocycles. The van der Waals surface area contributed by atoms with E-state index in [2.05, 4.69) is 20.3 Å². The van der Waals surface area contributed by atoms with Crippen molar-refractivity contribution in [3.8, 4) is 0 Å². The van der Waals surface area contributed by atoms with Crippen LogP contribution in [0.3, 0.4) is 0 Å². The fourth-order valence-electron chi connectivity index (χ4n) is 3.89. The highest BCUT2D eigenvalue weighted by molar-refractivity contribution is 5.79. The van der Waals surface area contributed by atoms with Gasteiger partial charge in [0.2, 0.25) is 5.91 Å². The average molecular weight is 418 g/mol. The molecule has 1 aliphatic heterocycles. The number of carbonyl (C=O) groups is 1. The van der Waals surface area contributed by atoms with E-state index in [4.69, 9.17) is 0 Å². The van der Waals surface area contributed by atoms with Crippen LogP contribution >= 0.6 is 0 Å². The Kier molecular flexibility index (Phi) is 6.72. The monoisotopic (exact) mass is 417 g/mol. The second-order valence-corrected chi connectivity index (χ2v) is 7.86. The summed E-state index contributed by atoms with van der Waals surface area (Å²) in [7, 11) is 0. The maximum atomic E-state index is 12.5. The number of nitrogens with one attached hydrogen (secondary N) is 1. The van der Waals surface area contributed by atoms with Gasteiger partial charge in [-0.2, -0.15) is 5.10 Å². The summed E-state index contributed by atoms with van der Waals surface area (Å²) in [4.78, 5) is 31.2. The van der Waals surface area contributed by atoms with Gasteiger partial charge in [-0.05, 0) is 36.5 Å². The van der Waals surface area contributed by atoms with Gasteiger partial charge in [-0.15, -0.1) is 0 Å². The summed E-state index contributed by atoms with van der Waals surface area (Å²) in [5, 5.41) is 7.39. The van der Waals surface area contributed by atoms with Crippen molar-refractivity contribution in [3.63, 3.8) is 0 Å². The summed E-state index contributed by atoms with van der Waals surface area (Å²) in [6.45, 7) is 2.56. The third kappa shape index (κ3) is 5.57. The topological polar surface area (TPSA) is 80.1 Å². The normalized spacial score (nSPS) is 14.4. The molecular formula is C24H27N5O2. The molecule has 0 bridgehead atoms. The van der Waals surface area contributed by atoms with Crippen LogP contribution in [0, 0.1) is 5.92 Å². The van der Waals surface area contributed by atoms with E-state index < -0.39 is 0 Å². The van der Waals surface area contributed by atoms with E-state index >= 15 is 0 Å². The van der Waals surface area contributed by atoms with Gasteiger partial charge in [0.1, 0.15) is 0 Å². The Morgan fingerprint density at radius 1 is 1.03 bits per heavy atom. The number of hydrogen-bond acceptors (Lipinski definition) is 5. The van der Waals surface area contributed by atoms with Crippen LogP contribution in [0.1, 0.15) is 24.0 Å². The zero-order valence-electron chi connectivity index (χ0n) is 17.5. The van der Waals surface area contributed by atoms with E-state index in [1.807, 2.05) is 48.7 Å². The van der Waals surface area contributed by atoms with Gasteiger partial charge in [0.15, 0.2) is 0 Å². The Labute approximate surface area is 181 Å². The molecule has 0 aliphatic carbocycles. The highest BCUT2D eigenvalue weighted by Gasteiger charge is 2.25. The minimum Gasteiger partial charge on any atom is -0.370 e. The van der Waals surface area contributed by atoms with Crippen LogP contribution < -0.4 is 15.8 Å². The molecule has 1 amide bonds. The van der Waals surface area contributed by atoms with Crippen LogP contribution in [0.25, 0.3) is 0 Å². The Morgan fingerprint density at radius 3 is 2.52 bits per heavy atom. The zero-order valence-corrected chi connectivity index (χ0v) is 17.5. The van der Waals surface area contributed by atoms with Gasteiger partial charge in [-0.25, -0.2) is 4.68 Å². The SMILES string of the molecule is O=C(NCCc1cccnc1)C1CCN(c2cnn(Cc3ccccc3)c(=O)c2)CC1. The lowest BCUT2D eigenvalue weighted by Gasteiger charge is -2.32. The number of piperidine rings is 1. The first-order valence-electron chi connectivity index (χ1n) is 10.7. The predicted octanol–water partition coefficient (Wildman–Crippen LogP) is 2.26. The Balaban J connectivity index is 1.27. The first-order chi connectivity index (χ1) is 15.2. The van der Waals surface area contributed by atoms with Gasteiger partial charge in [-0.3, -0.25) is 14.6 Å². The first kappa shape index (κ1) is 20.8. The summed E-state index contributed by atoms with van der Waals surface area (Å²) >= 11 is 0. The predicted molar refractivity (Wildman–Crippen MR) is 120 cm³/mol. The number of pyridine rings is 1. The third-order valence-corrected chi connectivity index (χ3v) is 5.70. The van der Waals surface area contributed by atoms with Crippen LogP contribution in [0.15, 0.2) is 71.9 Å². The maximum Gasteiger partial charge on any atom is 0.269 e. The lowest BCUT2D eigenvalue weighted by atomic mass is 9.95. The standard InChI is InChI=1S/C24H27N5O2/c30-23-15-22(17-27-29(23)18-20-5-2-1-3-6-20)28-13-9-21(10-14-28)24(31)26-12-8-19-7-4-11-25-16-19/h1-7,11,15-17,21H,8-10,12-14,18H2,(H,26,31). The van der Waals surface area contributed by atoms with Gasteiger partial charge in [-0.1, -0.05) is 36.4 Å². The van der Waals surface area contributed by atoms with Gasteiger partial charge < -0.3 is 10.2 Å². The second-order valence-electron chi connectivity index (χ2n) is 7.86. The molecule has 1 aromatic carbocycles. The lowest BCUT2D eigenvalue weighted by molar-refractivity contribution is -0.125. The molecule has 1 N–H and O–H groups in total. The molecule has 0 unspecified atom stereocenters. The molecule has 0 spiro atoms. The maximum absolute atomic E-state index is 12.5. The Morgan fingerprint density at radius 2 is 1.81 bits per heavy atom. The fourth-order valence-corrected chi connectivity index (χ4v) is 3.89. The van der Waals surface area contributed by atoms with Crippen LogP contribution in [0.4, 0.5) is 5.69 Å². The van der Waals surface area contributed by atoms with Crippen molar-refractivity contribution in [1.29, 1.82) is 0 Å². The van der Waals surface area contributed by atoms with E-state index in [1.54, 1.807) is 18.5 Å².